The normalized spacial score (nSPS) is 11.6. The molecular weight excluding hydrogens is 360 g/mol. The number of benzene rings is 1. The summed E-state index contributed by atoms with van der Waals surface area (Å²) in [5.41, 5.74) is 7.06. The molecule has 0 aliphatic heterocycles. The molecule has 0 amide bonds. The van der Waals surface area contributed by atoms with Gasteiger partial charge in [0.25, 0.3) is 10.0 Å². The Labute approximate surface area is 131 Å². The Morgan fingerprint density at radius 3 is 2.70 bits per heavy atom. The van der Waals surface area contributed by atoms with Crippen LogP contribution in [0.15, 0.2) is 39.0 Å². The summed E-state index contributed by atoms with van der Waals surface area (Å²) in [6.45, 7) is 2.46. The first-order valence-corrected chi connectivity index (χ1v) is 9.09. The molecule has 0 unspecified atom stereocenters. The van der Waals surface area contributed by atoms with Crippen LogP contribution in [0.4, 0.5) is 5.69 Å². The number of thiophene rings is 1. The minimum atomic E-state index is -3.53. The topological polar surface area (TPSA) is 72.2 Å². The van der Waals surface area contributed by atoms with E-state index < -0.39 is 10.0 Å². The molecule has 0 aliphatic rings. The fourth-order valence-corrected chi connectivity index (χ4v) is 4.44. The molecule has 0 atom stereocenters. The van der Waals surface area contributed by atoms with Crippen molar-refractivity contribution in [2.24, 2.45) is 5.73 Å². The smallest absolute Gasteiger partial charge is 0.271 e. The lowest BCUT2D eigenvalue weighted by atomic mass is 10.2. The van der Waals surface area contributed by atoms with E-state index in [2.05, 4.69) is 20.7 Å². The van der Waals surface area contributed by atoms with Crippen LogP contribution in [0.3, 0.4) is 0 Å². The first-order chi connectivity index (χ1) is 9.42. The molecule has 0 fully saturated rings. The highest BCUT2D eigenvalue weighted by Gasteiger charge is 2.17. The highest BCUT2D eigenvalue weighted by atomic mass is 79.9. The largest absolute Gasteiger partial charge is 0.330 e. The van der Waals surface area contributed by atoms with Crippen LogP contribution in [-0.4, -0.2) is 15.0 Å². The van der Waals surface area contributed by atoms with Gasteiger partial charge in [0, 0.05) is 15.0 Å². The van der Waals surface area contributed by atoms with Crippen LogP contribution in [0.5, 0.6) is 0 Å². The number of hydrogen-bond acceptors (Lipinski definition) is 4. The second-order valence-corrected chi connectivity index (χ2v) is 8.26. The lowest BCUT2D eigenvalue weighted by Crippen LogP contribution is -2.11. The maximum absolute atomic E-state index is 12.3. The van der Waals surface area contributed by atoms with Crippen molar-refractivity contribution in [2.45, 2.75) is 17.6 Å². The van der Waals surface area contributed by atoms with Gasteiger partial charge in [-0.25, -0.2) is 8.42 Å². The Morgan fingerprint density at radius 2 is 2.05 bits per heavy atom. The Hall–Kier alpha value is -0.890. The summed E-state index contributed by atoms with van der Waals surface area (Å²) in [5.74, 6) is 0. The number of halogens is 1. The molecule has 1 aromatic heterocycles. The van der Waals surface area contributed by atoms with Gasteiger partial charge in [0.2, 0.25) is 0 Å². The molecule has 0 spiro atoms. The molecule has 0 aliphatic carbocycles. The summed E-state index contributed by atoms with van der Waals surface area (Å²) in [6, 6.07) is 8.77. The monoisotopic (exact) mass is 374 g/mol. The molecule has 0 saturated heterocycles. The standard InChI is InChI=1S/C13H15BrN2O2S2/c1-9-2-3-10(8-12(9)14)16-20(17,18)13-5-4-11(19-13)6-7-15/h2-5,8,16H,6-7,15H2,1H3. The number of aryl methyl sites for hydroxylation is 1. The third kappa shape index (κ3) is 3.60. The van der Waals surface area contributed by atoms with Gasteiger partial charge in [0.05, 0.1) is 0 Å². The van der Waals surface area contributed by atoms with Gasteiger partial charge in [-0.2, -0.15) is 0 Å². The molecule has 20 heavy (non-hydrogen) atoms. The fraction of sp³-hybridized carbons (Fsp3) is 0.231. The molecule has 0 bridgehead atoms. The van der Waals surface area contributed by atoms with Crippen molar-refractivity contribution in [3.63, 3.8) is 0 Å². The molecule has 0 radical (unpaired) electrons. The van der Waals surface area contributed by atoms with Gasteiger partial charge in [-0.15, -0.1) is 11.3 Å². The van der Waals surface area contributed by atoms with E-state index in [9.17, 15) is 8.42 Å². The zero-order valence-electron chi connectivity index (χ0n) is 10.9. The van der Waals surface area contributed by atoms with Crippen molar-refractivity contribution >= 4 is 43.0 Å². The van der Waals surface area contributed by atoms with E-state index >= 15 is 0 Å². The molecular formula is C13H15BrN2O2S2. The fourth-order valence-electron chi connectivity index (χ4n) is 1.64. The molecule has 1 heterocycles. The number of anilines is 1. The SMILES string of the molecule is Cc1ccc(NS(=O)(=O)c2ccc(CCN)s2)cc1Br. The summed E-state index contributed by atoms with van der Waals surface area (Å²) < 4.78 is 28.3. The maximum atomic E-state index is 12.3. The summed E-state index contributed by atoms with van der Waals surface area (Å²) in [6.07, 6.45) is 0.691. The average Bonchev–Trinajstić information content (AvgIpc) is 2.83. The van der Waals surface area contributed by atoms with Crippen LogP contribution >= 0.6 is 27.3 Å². The van der Waals surface area contributed by atoms with E-state index in [-0.39, 0.29) is 0 Å². The Morgan fingerprint density at radius 1 is 1.30 bits per heavy atom. The van der Waals surface area contributed by atoms with E-state index in [1.165, 1.54) is 11.3 Å². The average molecular weight is 375 g/mol. The number of sulfonamides is 1. The maximum Gasteiger partial charge on any atom is 0.271 e. The Bertz CT molecular complexity index is 711. The van der Waals surface area contributed by atoms with E-state index in [0.717, 1.165) is 14.9 Å². The van der Waals surface area contributed by atoms with Crippen molar-refractivity contribution in [1.29, 1.82) is 0 Å². The molecule has 3 N–H and O–H groups in total. The Balaban J connectivity index is 2.23. The number of hydrogen-bond donors (Lipinski definition) is 2. The molecule has 4 nitrogen and oxygen atoms in total. The third-order valence-corrected chi connectivity index (χ3v) is 6.59. The number of rotatable bonds is 5. The minimum Gasteiger partial charge on any atom is -0.330 e. The van der Waals surface area contributed by atoms with Crippen LogP contribution in [0.25, 0.3) is 0 Å². The van der Waals surface area contributed by atoms with Crippen molar-refractivity contribution in [3.8, 4) is 0 Å². The summed E-state index contributed by atoms with van der Waals surface area (Å²) in [7, 11) is -3.53. The van der Waals surface area contributed by atoms with Crippen LogP contribution in [0.2, 0.25) is 0 Å². The number of nitrogens with two attached hydrogens (primary N) is 1. The zero-order valence-corrected chi connectivity index (χ0v) is 14.1. The highest BCUT2D eigenvalue weighted by molar-refractivity contribution is 9.10. The second-order valence-electron chi connectivity index (χ2n) is 4.33. The molecule has 0 saturated carbocycles. The van der Waals surface area contributed by atoms with E-state index in [1.807, 2.05) is 13.0 Å². The van der Waals surface area contributed by atoms with Gasteiger partial charge in [-0.05, 0) is 49.7 Å². The zero-order chi connectivity index (χ0) is 14.8. The van der Waals surface area contributed by atoms with Gasteiger partial charge in [-0.3, -0.25) is 4.72 Å². The van der Waals surface area contributed by atoms with Gasteiger partial charge >= 0.3 is 0 Å². The van der Waals surface area contributed by atoms with Gasteiger partial charge in [0.1, 0.15) is 4.21 Å². The van der Waals surface area contributed by atoms with E-state index in [4.69, 9.17) is 5.73 Å². The van der Waals surface area contributed by atoms with Crippen LogP contribution in [-0.2, 0) is 16.4 Å². The lowest BCUT2D eigenvalue weighted by Gasteiger charge is -2.07. The predicted molar refractivity (Wildman–Crippen MR) is 86.8 cm³/mol. The first-order valence-electron chi connectivity index (χ1n) is 6.00. The quantitative estimate of drug-likeness (QED) is 0.844. The number of nitrogens with one attached hydrogen (secondary N) is 1. The van der Waals surface area contributed by atoms with Gasteiger partial charge in [-0.1, -0.05) is 22.0 Å². The van der Waals surface area contributed by atoms with Crippen LogP contribution < -0.4 is 10.5 Å². The van der Waals surface area contributed by atoms with Crippen molar-refractivity contribution in [2.75, 3.05) is 11.3 Å². The molecule has 2 rings (SSSR count). The summed E-state index contributed by atoms with van der Waals surface area (Å²) in [4.78, 5) is 0.970. The van der Waals surface area contributed by atoms with Crippen LogP contribution in [0.1, 0.15) is 10.4 Å². The lowest BCUT2D eigenvalue weighted by molar-refractivity contribution is 0.603. The molecule has 108 valence electrons. The van der Waals surface area contributed by atoms with Crippen molar-refractivity contribution in [1.82, 2.24) is 0 Å². The first kappa shape index (κ1) is 15.5. The molecule has 7 heteroatoms. The summed E-state index contributed by atoms with van der Waals surface area (Å²) in [5, 5.41) is 0. The van der Waals surface area contributed by atoms with Gasteiger partial charge < -0.3 is 5.73 Å². The second kappa shape index (κ2) is 6.26. The third-order valence-electron chi connectivity index (χ3n) is 2.72. The highest BCUT2D eigenvalue weighted by Crippen LogP contribution is 2.26. The van der Waals surface area contributed by atoms with E-state index in [1.54, 1.807) is 24.3 Å². The van der Waals surface area contributed by atoms with Crippen molar-refractivity contribution < 1.29 is 8.42 Å². The molecule has 1 aromatic carbocycles. The predicted octanol–water partition coefficient (Wildman–Crippen LogP) is 3.12. The van der Waals surface area contributed by atoms with Gasteiger partial charge in [0.15, 0.2) is 0 Å². The Kier molecular flexibility index (Phi) is 4.85. The minimum absolute atomic E-state index is 0.303. The summed E-state index contributed by atoms with van der Waals surface area (Å²) >= 11 is 4.64. The molecule has 2 aromatic rings. The van der Waals surface area contributed by atoms with E-state index in [0.29, 0.717) is 22.9 Å². The van der Waals surface area contributed by atoms with Crippen LogP contribution in [0, 0.1) is 6.92 Å². The van der Waals surface area contributed by atoms with Crippen molar-refractivity contribution in [3.05, 3.63) is 45.2 Å².